The molecule has 0 fully saturated rings. The summed E-state index contributed by atoms with van der Waals surface area (Å²) in [6.45, 7) is 6.32. The molecule has 0 aliphatic carbocycles. The first-order valence-electron chi connectivity index (χ1n) is 9.65. The van der Waals surface area contributed by atoms with Gasteiger partial charge in [-0.25, -0.2) is 0 Å². The average Bonchev–Trinajstić information content (AvgIpc) is 2.73. The molecule has 0 spiro atoms. The van der Waals surface area contributed by atoms with Gasteiger partial charge in [-0.1, -0.05) is 17.3 Å². The largest absolute Gasteiger partial charge is 0.497 e. The van der Waals surface area contributed by atoms with E-state index in [1.54, 1.807) is 7.11 Å². The fraction of sp³-hybridized carbons (Fsp3) is 0.304. The Bertz CT molecular complexity index is 1000. The van der Waals surface area contributed by atoms with E-state index in [1.807, 2.05) is 69.3 Å². The summed E-state index contributed by atoms with van der Waals surface area (Å²) in [4.78, 5) is 19.2. The van der Waals surface area contributed by atoms with Crippen LogP contribution in [0.2, 0.25) is 0 Å². The van der Waals surface area contributed by atoms with Crippen LogP contribution in [0.25, 0.3) is 11.4 Å². The molecule has 0 saturated carbocycles. The van der Waals surface area contributed by atoms with Gasteiger partial charge in [-0.15, -0.1) is 0 Å². The molecule has 0 aliphatic rings. The highest BCUT2D eigenvalue weighted by Crippen LogP contribution is 2.22. The van der Waals surface area contributed by atoms with Gasteiger partial charge in [-0.05, 0) is 57.9 Å². The van der Waals surface area contributed by atoms with Gasteiger partial charge in [0.25, 0.3) is 0 Å². The highest BCUT2D eigenvalue weighted by Gasteiger charge is 2.06. The van der Waals surface area contributed by atoms with Crippen molar-refractivity contribution in [3.05, 3.63) is 71.3 Å². The minimum atomic E-state index is 0.519. The summed E-state index contributed by atoms with van der Waals surface area (Å²) in [5.74, 6) is 0.782. The number of pyridine rings is 3. The summed E-state index contributed by atoms with van der Waals surface area (Å²) in [5.41, 5.74) is 6.11. The number of oxime groups is 1. The van der Waals surface area contributed by atoms with Gasteiger partial charge < -0.3 is 9.57 Å². The van der Waals surface area contributed by atoms with E-state index >= 15 is 0 Å². The van der Waals surface area contributed by atoms with E-state index in [-0.39, 0.29) is 0 Å². The summed E-state index contributed by atoms with van der Waals surface area (Å²) < 4.78 is 5.34. The smallest absolute Gasteiger partial charge is 0.122 e. The molecule has 29 heavy (non-hydrogen) atoms. The van der Waals surface area contributed by atoms with Crippen LogP contribution in [0.3, 0.4) is 0 Å². The molecule has 6 heteroatoms. The van der Waals surface area contributed by atoms with Crippen molar-refractivity contribution < 1.29 is 9.57 Å². The van der Waals surface area contributed by atoms with Crippen molar-refractivity contribution in [2.24, 2.45) is 5.16 Å². The molecule has 0 N–H and O–H groups in total. The molecule has 3 aromatic rings. The Kier molecular flexibility index (Phi) is 6.89. The van der Waals surface area contributed by atoms with Crippen molar-refractivity contribution in [1.29, 1.82) is 0 Å². The predicted molar refractivity (Wildman–Crippen MR) is 114 cm³/mol. The molecule has 6 nitrogen and oxygen atoms in total. The minimum absolute atomic E-state index is 0.519. The summed E-state index contributed by atoms with van der Waals surface area (Å²) >= 11 is 0. The molecule has 0 atom stereocenters. The van der Waals surface area contributed by atoms with Crippen LogP contribution in [0.5, 0.6) is 5.75 Å². The molecular weight excluding hydrogens is 364 g/mol. The first kappa shape index (κ1) is 20.5. The second kappa shape index (κ2) is 9.78. The second-order valence-electron chi connectivity index (χ2n) is 6.83. The standard InChI is InChI=1S/C23H26N4O2/c1-16-8-5-11-21(24-16)18(3)27-29-13-7-10-19-9-6-12-22(26-19)23-15-20(28-4)14-17(2)25-23/h5-6,8-9,11-12,14-15H,7,10,13H2,1-4H3. The van der Waals surface area contributed by atoms with Crippen LogP contribution in [0.15, 0.2) is 53.7 Å². The van der Waals surface area contributed by atoms with Gasteiger partial charge >= 0.3 is 0 Å². The Balaban J connectivity index is 1.56. The topological polar surface area (TPSA) is 69.5 Å². The molecule has 3 rings (SSSR count). The lowest BCUT2D eigenvalue weighted by molar-refractivity contribution is 0.141. The van der Waals surface area contributed by atoms with Gasteiger partial charge in [0.05, 0.1) is 24.2 Å². The van der Waals surface area contributed by atoms with Crippen molar-refractivity contribution >= 4 is 5.71 Å². The molecular formula is C23H26N4O2. The van der Waals surface area contributed by atoms with Crippen LogP contribution in [0.4, 0.5) is 0 Å². The van der Waals surface area contributed by atoms with E-state index in [0.717, 1.165) is 58.5 Å². The van der Waals surface area contributed by atoms with Gasteiger partial charge in [-0.2, -0.15) is 0 Å². The van der Waals surface area contributed by atoms with E-state index < -0.39 is 0 Å². The Hall–Kier alpha value is -3.28. The number of aromatic nitrogens is 3. The van der Waals surface area contributed by atoms with Crippen LogP contribution in [0.1, 0.15) is 36.1 Å². The van der Waals surface area contributed by atoms with Crippen LogP contribution >= 0.6 is 0 Å². The molecule has 0 saturated heterocycles. The maximum absolute atomic E-state index is 5.46. The summed E-state index contributed by atoms with van der Waals surface area (Å²) in [6, 6.07) is 15.6. The van der Waals surface area contributed by atoms with Gasteiger partial charge in [-0.3, -0.25) is 15.0 Å². The molecule has 0 unspecified atom stereocenters. The number of hydrogen-bond donors (Lipinski definition) is 0. The average molecular weight is 390 g/mol. The maximum atomic E-state index is 5.46. The molecule has 3 heterocycles. The van der Waals surface area contributed by atoms with Gasteiger partial charge in [0, 0.05) is 29.2 Å². The van der Waals surface area contributed by atoms with Crippen molar-refractivity contribution in [2.75, 3.05) is 13.7 Å². The predicted octanol–water partition coefficient (Wildman–Crippen LogP) is 4.54. The van der Waals surface area contributed by atoms with Crippen molar-refractivity contribution in [3.63, 3.8) is 0 Å². The fourth-order valence-corrected chi connectivity index (χ4v) is 2.90. The van der Waals surface area contributed by atoms with Gasteiger partial charge in [0.2, 0.25) is 0 Å². The quantitative estimate of drug-likeness (QED) is 0.321. The number of nitrogens with zero attached hydrogens (tertiary/aromatic N) is 4. The van der Waals surface area contributed by atoms with Crippen molar-refractivity contribution in [2.45, 2.75) is 33.6 Å². The Labute approximate surface area is 171 Å². The number of aryl methyl sites for hydroxylation is 3. The lowest BCUT2D eigenvalue weighted by Gasteiger charge is -2.07. The molecule has 0 amide bonds. The minimum Gasteiger partial charge on any atom is -0.497 e. The molecule has 0 aromatic carbocycles. The summed E-state index contributed by atoms with van der Waals surface area (Å²) in [6.07, 6.45) is 1.62. The Morgan fingerprint density at radius 1 is 0.931 bits per heavy atom. The SMILES string of the molecule is COc1cc(C)nc(-c2cccc(CCCON=C(C)c3cccc(C)n3)n2)c1. The normalized spacial score (nSPS) is 11.4. The molecule has 3 aromatic heterocycles. The van der Waals surface area contributed by atoms with E-state index in [9.17, 15) is 0 Å². The third-order valence-corrected chi connectivity index (χ3v) is 4.36. The lowest BCUT2D eigenvalue weighted by atomic mass is 10.1. The third-order valence-electron chi connectivity index (χ3n) is 4.36. The highest BCUT2D eigenvalue weighted by molar-refractivity contribution is 5.96. The first-order chi connectivity index (χ1) is 14.0. The maximum Gasteiger partial charge on any atom is 0.122 e. The fourth-order valence-electron chi connectivity index (χ4n) is 2.90. The second-order valence-corrected chi connectivity index (χ2v) is 6.83. The lowest BCUT2D eigenvalue weighted by Crippen LogP contribution is -2.02. The van der Waals surface area contributed by atoms with Crippen molar-refractivity contribution in [1.82, 2.24) is 15.0 Å². The van der Waals surface area contributed by atoms with Crippen LogP contribution in [0, 0.1) is 13.8 Å². The van der Waals surface area contributed by atoms with Crippen LogP contribution < -0.4 is 4.74 Å². The summed E-state index contributed by atoms with van der Waals surface area (Å²) in [5, 5.41) is 4.17. The zero-order valence-electron chi connectivity index (χ0n) is 17.3. The molecule has 0 radical (unpaired) electrons. The number of ether oxygens (including phenoxy) is 1. The monoisotopic (exact) mass is 390 g/mol. The van der Waals surface area contributed by atoms with E-state index in [0.29, 0.717) is 6.61 Å². The van der Waals surface area contributed by atoms with Crippen LogP contribution in [-0.2, 0) is 11.3 Å². The third kappa shape index (κ3) is 5.85. The van der Waals surface area contributed by atoms with E-state index in [2.05, 4.69) is 15.1 Å². The number of hydrogen-bond acceptors (Lipinski definition) is 6. The van der Waals surface area contributed by atoms with Crippen LogP contribution in [-0.4, -0.2) is 34.4 Å². The number of methoxy groups -OCH3 is 1. The molecule has 150 valence electrons. The van der Waals surface area contributed by atoms with E-state index in [1.165, 1.54) is 0 Å². The highest BCUT2D eigenvalue weighted by atomic mass is 16.6. The molecule has 0 aliphatic heterocycles. The molecule has 0 bridgehead atoms. The van der Waals surface area contributed by atoms with E-state index in [4.69, 9.17) is 14.6 Å². The zero-order valence-corrected chi connectivity index (χ0v) is 17.3. The first-order valence-corrected chi connectivity index (χ1v) is 9.65. The van der Waals surface area contributed by atoms with Gasteiger partial charge in [0.15, 0.2) is 0 Å². The zero-order chi connectivity index (χ0) is 20.6. The Morgan fingerprint density at radius 3 is 2.55 bits per heavy atom. The van der Waals surface area contributed by atoms with Crippen molar-refractivity contribution in [3.8, 4) is 17.1 Å². The Morgan fingerprint density at radius 2 is 1.76 bits per heavy atom. The van der Waals surface area contributed by atoms with Gasteiger partial charge in [0.1, 0.15) is 18.1 Å². The summed E-state index contributed by atoms with van der Waals surface area (Å²) in [7, 11) is 1.65. The number of rotatable bonds is 8.